The molecular formula is C21H24N2O4S. The number of carbonyl (C=O) groups excluding carboxylic acids is 2. The van der Waals surface area contributed by atoms with Gasteiger partial charge in [-0.15, -0.1) is 0 Å². The first-order valence-electron chi connectivity index (χ1n) is 9.25. The number of anilines is 2. The molecule has 2 aromatic rings. The maximum absolute atomic E-state index is 12.7. The first-order valence-corrected chi connectivity index (χ1v) is 10.9. The second-order valence-corrected chi connectivity index (χ2v) is 9.08. The summed E-state index contributed by atoms with van der Waals surface area (Å²) in [7, 11) is -3.62. The molecule has 2 amide bonds. The van der Waals surface area contributed by atoms with E-state index in [0.29, 0.717) is 17.8 Å². The van der Waals surface area contributed by atoms with E-state index in [1.54, 1.807) is 23.1 Å². The largest absolute Gasteiger partial charge is 0.326 e. The van der Waals surface area contributed by atoms with Gasteiger partial charge in [0.1, 0.15) is 0 Å². The summed E-state index contributed by atoms with van der Waals surface area (Å²) >= 11 is 0. The zero-order chi connectivity index (χ0) is 20.5. The first-order chi connectivity index (χ1) is 13.2. The molecule has 0 fully saturated rings. The zero-order valence-electron chi connectivity index (χ0n) is 16.3. The van der Waals surface area contributed by atoms with Gasteiger partial charge in [-0.2, -0.15) is 0 Å². The summed E-state index contributed by atoms with van der Waals surface area (Å²) in [6.07, 6.45) is 0.0759. The molecule has 6 nitrogen and oxygen atoms in total. The first kappa shape index (κ1) is 20.1. The van der Waals surface area contributed by atoms with Crippen LogP contribution in [-0.2, 0) is 25.8 Å². The Morgan fingerprint density at radius 1 is 1.18 bits per heavy atom. The highest BCUT2D eigenvalue weighted by atomic mass is 32.2. The highest BCUT2D eigenvalue weighted by molar-refractivity contribution is 7.91. The van der Waals surface area contributed by atoms with Crippen molar-refractivity contribution in [3.8, 4) is 0 Å². The minimum absolute atomic E-state index is 0.0278. The third-order valence-electron chi connectivity index (χ3n) is 5.14. The summed E-state index contributed by atoms with van der Waals surface area (Å²) in [5, 5.41) is 2.78. The molecule has 0 aliphatic carbocycles. The number of likely N-dealkylation sites (N-methyl/N-ethyl adjacent to an activating group) is 1. The predicted octanol–water partition coefficient (Wildman–Crippen LogP) is 3.01. The lowest BCUT2D eigenvalue weighted by Gasteiger charge is -2.15. The minimum Gasteiger partial charge on any atom is -0.326 e. The van der Waals surface area contributed by atoms with E-state index < -0.39 is 9.84 Å². The average Bonchev–Trinajstić information content (AvgIpc) is 2.98. The SMILES string of the molecule is CCN1C(=O)Cc2cc(S(=O)(=O)CCC(=O)Nc3cccc(C)c3C)ccc21. The van der Waals surface area contributed by atoms with Crippen molar-refractivity contribution >= 4 is 33.0 Å². The van der Waals surface area contributed by atoms with E-state index in [-0.39, 0.29) is 35.3 Å². The predicted molar refractivity (Wildman–Crippen MR) is 109 cm³/mol. The van der Waals surface area contributed by atoms with Crippen LogP contribution in [0.25, 0.3) is 0 Å². The van der Waals surface area contributed by atoms with Crippen LogP contribution in [0.5, 0.6) is 0 Å². The molecule has 148 valence electrons. The van der Waals surface area contributed by atoms with Crippen LogP contribution < -0.4 is 10.2 Å². The summed E-state index contributed by atoms with van der Waals surface area (Å²) in [5.41, 5.74) is 4.19. The van der Waals surface area contributed by atoms with Gasteiger partial charge >= 0.3 is 0 Å². The summed E-state index contributed by atoms with van der Waals surface area (Å²) in [6.45, 7) is 6.30. The Balaban J connectivity index is 1.69. The van der Waals surface area contributed by atoms with Crippen molar-refractivity contribution < 1.29 is 18.0 Å². The Bertz CT molecular complexity index is 1040. The van der Waals surface area contributed by atoms with E-state index in [4.69, 9.17) is 0 Å². The topological polar surface area (TPSA) is 83.6 Å². The van der Waals surface area contributed by atoms with Gasteiger partial charge in [-0.1, -0.05) is 12.1 Å². The van der Waals surface area contributed by atoms with Crippen LogP contribution in [0.4, 0.5) is 11.4 Å². The maximum atomic E-state index is 12.7. The van der Waals surface area contributed by atoms with Crippen LogP contribution in [0.1, 0.15) is 30.0 Å². The molecule has 0 spiro atoms. The van der Waals surface area contributed by atoms with E-state index in [0.717, 1.165) is 16.8 Å². The third kappa shape index (κ3) is 3.94. The van der Waals surface area contributed by atoms with E-state index in [2.05, 4.69) is 5.32 Å². The highest BCUT2D eigenvalue weighted by Gasteiger charge is 2.28. The van der Waals surface area contributed by atoms with Gasteiger partial charge in [-0.25, -0.2) is 8.42 Å². The van der Waals surface area contributed by atoms with E-state index >= 15 is 0 Å². The molecule has 3 rings (SSSR count). The molecule has 1 N–H and O–H groups in total. The fourth-order valence-electron chi connectivity index (χ4n) is 3.34. The van der Waals surface area contributed by atoms with Crippen LogP contribution in [0, 0.1) is 13.8 Å². The molecular weight excluding hydrogens is 376 g/mol. The molecule has 0 saturated heterocycles. The van der Waals surface area contributed by atoms with Gasteiger partial charge in [0.05, 0.1) is 17.1 Å². The number of hydrogen-bond donors (Lipinski definition) is 1. The molecule has 1 heterocycles. The van der Waals surface area contributed by atoms with Gasteiger partial charge in [0.15, 0.2) is 9.84 Å². The number of fused-ring (bicyclic) bond motifs is 1. The Morgan fingerprint density at radius 3 is 2.64 bits per heavy atom. The maximum Gasteiger partial charge on any atom is 0.231 e. The van der Waals surface area contributed by atoms with Crippen molar-refractivity contribution in [2.45, 2.75) is 38.5 Å². The number of carbonyl (C=O) groups is 2. The second kappa shape index (κ2) is 7.75. The molecule has 0 saturated carbocycles. The Hall–Kier alpha value is -2.67. The lowest BCUT2D eigenvalue weighted by atomic mass is 10.1. The van der Waals surface area contributed by atoms with Crippen molar-refractivity contribution in [2.24, 2.45) is 0 Å². The molecule has 28 heavy (non-hydrogen) atoms. The monoisotopic (exact) mass is 400 g/mol. The van der Waals surface area contributed by atoms with Crippen molar-refractivity contribution in [3.05, 3.63) is 53.1 Å². The van der Waals surface area contributed by atoms with E-state index in [1.165, 1.54) is 6.07 Å². The van der Waals surface area contributed by atoms with Crippen LogP contribution >= 0.6 is 0 Å². The zero-order valence-corrected chi connectivity index (χ0v) is 17.1. The smallest absolute Gasteiger partial charge is 0.231 e. The van der Waals surface area contributed by atoms with Gasteiger partial charge in [0, 0.05) is 24.3 Å². The fourth-order valence-corrected chi connectivity index (χ4v) is 4.63. The Labute approximate surface area is 165 Å². The molecule has 1 aliphatic heterocycles. The molecule has 0 radical (unpaired) electrons. The van der Waals surface area contributed by atoms with E-state index in [1.807, 2.05) is 32.9 Å². The lowest BCUT2D eigenvalue weighted by molar-refractivity contribution is -0.117. The minimum atomic E-state index is -3.62. The standard InChI is InChI=1S/C21H24N2O4S/c1-4-23-19-9-8-17(12-16(19)13-21(23)25)28(26,27)11-10-20(24)22-18-7-5-6-14(2)15(18)3/h5-9,12H,4,10-11,13H2,1-3H3,(H,22,24). The number of aryl methyl sites for hydroxylation is 1. The summed E-state index contributed by atoms with van der Waals surface area (Å²) in [5.74, 6) is -0.654. The van der Waals surface area contributed by atoms with E-state index in [9.17, 15) is 18.0 Å². The van der Waals surface area contributed by atoms with Crippen molar-refractivity contribution in [1.29, 1.82) is 0 Å². The van der Waals surface area contributed by atoms with Crippen molar-refractivity contribution in [3.63, 3.8) is 0 Å². The molecule has 0 unspecified atom stereocenters. The number of amides is 2. The number of benzene rings is 2. The number of rotatable bonds is 6. The summed E-state index contributed by atoms with van der Waals surface area (Å²) in [6, 6.07) is 10.3. The Morgan fingerprint density at radius 2 is 1.93 bits per heavy atom. The van der Waals surface area contributed by atoms with Gasteiger partial charge in [-0.3, -0.25) is 9.59 Å². The normalized spacial score (nSPS) is 13.5. The molecule has 0 bridgehead atoms. The van der Waals surface area contributed by atoms with Gasteiger partial charge in [0.2, 0.25) is 11.8 Å². The lowest BCUT2D eigenvalue weighted by Crippen LogP contribution is -2.25. The molecule has 7 heteroatoms. The number of nitrogens with one attached hydrogen (secondary N) is 1. The highest BCUT2D eigenvalue weighted by Crippen LogP contribution is 2.31. The second-order valence-electron chi connectivity index (χ2n) is 6.97. The molecule has 1 aliphatic rings. The number of sulfone groups is 1. The van der Waals surface area contributed by atoms with Gasteiger partial charge in [0.25, 0.3) is 0 Å². The average molecular weight is 401 g/mol. The van der Waals surface area contributed by atoms with Crippen LogP contribution in [0.2, 0.25) is 0 Å². The van der Waals surface area contributed by atoms with Gasteiger partial charge in [-0.05, 0) is 61.7 Å². The van der Waals surface area contributed by atoms with Crippen LogP contribution in [-0.4, -0.2) is 32.5 Å². The van der Waals surface area contributed by atoms with Crippen LogP contribution in [0.15, 0.2) is 41.3 Å². The van der Waals surface area contributed by atoms with Gasteiger partial charge < -0.3 is 10.2 Å². The molecule has 0 atom stereocenters. The summed E-state index contributed by atoms with van der Waals surface area (Å²) < 4.78 is 25.3. The third-order valence-corrected chi connectivity index (χ3v) is 6.85. The van der Waals surface area contributed by atoms with Crippen molar-refractivity contribution in [1.82, 2.24) is 0 Å². The quantitative estimate of drug-likeness (QED) is 0.808. The fraction of sp³-hybridized carbons (Fsp3) is 0.333. The van der Waals surface area contributed by atoms with Crippen LogP contribution in [0.3, 0.4) is 0 Å². The number of nitrogens with zero attached hydrogens (tertiary/aromatic N) is 1. The van der Waals surface area contributed by atoms with Crippen molar-refractivity contribution in [2.75, 3.05) is 22.5 Å². The number of hydrogen-bond acceptors (Lipinski definition) is 4. The molecule has 0 aromatic heterocycles. The molecule has 2 aromatic carbocycles. The summed E-state index contributed by atoms with van der Waals surface area (Å²) in [4.78, 5) is 26.0. The Kier molecular flexibility index (Phi) is 5.56.